The summed E-state index contributed by atoms with van der Waals surface area (Å²) in [4.78, 5) is 14.8. The van der Waals surface area contributed by atoms with Crippen LogP contribution in [0.4, 0.5) is 0 Å². The van der Waals surface area contributed by atoms with Gasteiger partial charge in [-0.25, -0.2) is 0 Å². The third-order valence-corrected chi connectivity index (χ3v) is 5.12. The second-order valence-corrected chi connectivity index (χ2v) is 7.49. The SMILES string of the molecule is CCC1NC(C2CCCC2)N(CC(C)(C)CCOC)C1=O. The number of hydrogen-bond donors (Lipinski definition) is 1. The molecule has 0 spiro atoms. The minimum Gasteiger partial charge on any atom is -0.385 e. The molecule has 2 aliphatic rings. The molecule has 1 saturated carbocycles. The second-order valence-electron chi connectivity index (χ2n) is 7.49. The molecule has 4 nitrogen and oxygen atoms in total. The van der Waals surface area contributed by atoms with Crippen molar-refractivity contribution in [2.75, 3.05) is 20.3 Å². The first-order chi connectivity index (χ1) is 9.98. The summed E-state index contributed by atoms with van der Waals surface area (Å²) in [5, 5.41) is 3.61. The van der Waals surface area contributed by atoms with Gasteiger partial charge in [-0.1, -0.05) is 33.6 Å². The van der Waals surface area contributed by atoms with Gasteiger partial charge in [0.25, 0.3) is 0 Å². The Kier molecular flexibility index (Phi) is 5.67. The molecule has 1 N–H and O–H groups in total. The molecule has 0 radical (unpaired) electrons. The van der Waals surface area contributed by atoms with Crippen LogP contribution in [0.3, 0.4) is 0 Å². The van der Waals surface area contributed by atoms with Crippen LogP contribution >= 0.6 is 0 Å². The molecular weight excluding hydrogens is 264 g/mol. The lowest BCUT2D eigenvalue weighted by Gasteiger charge is -2.35. The average molecular weight is 296 g/mol. The lowest BCUT2D eigenvalue weighted by atomic mass is 9.88. The maximum atomic E-state index is 12.7. The van der Waals surface area contributed by atoms with E-state index in [9.17, 15) is 4.79 Å². The molecular formula is C17H32N2O2. The lowest BCUT2D eigenvalue weighted by molar-refractivity contribution is -0.132. The van der Waals surface area contributed by atoms with E-state index in [2.05, 4.69) is 31.0 Å². The van der Waals surface area contributed by atoms with Gasteiger partial charge in [-0.05, 0) is 37.0 Å². The number of amides is 1. The summed E-state index contributed by atoms with van der Waals surface area (Å²) < 4.78 is 5.22. The molecule has 0 aromatic carbocycles. The Labute approximate surface area is 129 Å². The van der Waals surface area contributed by atoms with Crippen molar-refractivity contribution in [3.63, 3.8) is 0 Å². The highest BCUT2D eigenvalue weighted by molar-refractivity contribution is 5.84. The fraction of sp³-hybridized carbons (Fsp3) is 0.941. The Balaban J connectivity index is 2.06. The predicted molar refractivity (Wildman–Crippen MR) is 84.9 cm³/mol. The van der Waals surface area contributed by atoms with Gasteiger partial charge in [-0.15, -0.1) is 0 Å². The molecule has 0 bridgehead atoms. The fourth-order valence-corrected chi connectivity index (χ4v) is 3.76. The van der Waals surface area contributed by atoms with E-state index >= 15 is 0 Å². The topological polar surface area (TPSA) is 41.6 Å². The van der Waals surface area contributed by atoms with Gasteiger partial charge < -0.3 is 9.64 Å². The lowest BCUT2D eigenvalue weighted by Crippen LogP contribution is -2.46. The molecule has 1 heterocycles. The van der Waals surface area contributed by atoms with E-state index in [1.165, 1.54) is 25.7 Å². The summed E-state index contributed by atoms with van der Waals surface area (Å²) >= 11 is 0. The van der Waals surface area contributed by atoms with Crippen molar-refractivity contribution < 1.29 is 9.53 Å². The van der Waals surface area contributed by atoms with Gasteiger partial charge in [-0.3, -0.25) is 10.1 Å². The first-order valence-electron chi connectivity index (χ1n) is 8.54. The first-order valence-corrected chi connectivity index (χ1v) is 8.54. The van der Waals surface area contributed by atoms with Crippen molar-refractivity contribution in [2.45, 2.75) is 71.5 Å². The molecule has 2 rings (SSSR count). The first kappa shape index (κ1) is 16.8. The summed E-state index contributed by atoms with van der Waals surface area (Å²) in [7, 11) is 1.74. The van der Waals surface area contributed by atoms with E-state index in [0.717, 1.165) is 26.0 Å². The minimum absolute atomic E-state index is 0.0221. The normalized spacial score (nSPS) is 27.8. The largest absolute Gasteiger partial charge is 0.385 e. The maximum absolute atomic E-state index is 12.7. The van der Waals surface area contributed by atoms with E-state index in [-0.39, 0.29) is 17.6 Å². The van der Waals surface area contributed by atoms with Crippen molar-refractivity contribution in [1.29, 1.82) is 0 Å². The quantitative estimate of drug-likeness (QED) is 0.785. The molecule has 2 fully saturated rings. The zero-order valence-corrected chi connectivity index (χ0v) is 14.2. The van der Waals surface area contributed by atoms with Gasteiger partial charge in [0.2, 0.25) is 5.91 Å². The standard InChI is InChI=1S/C17H32N2O2/c1-5-14-16(20)19(12-17(2,3)10-11-21-4)15(18-14)13-8-6-7-9-13/h13-15,18H,5-12H2,1-4H3. The van der Waals surface area contributed by atoms with Crippen LogP contribution < -0.4 is 5.32 Å². The summed E-state index contributed by atoms with van der Waals surface area (Å²) in [5.41, 5.74) is 0.104. The molecule has 21 heavy (non-hydrogen) atoms. The number of nitrogens with one attached hydrogen (secondary N) is 1. The van der Waals surface area contributed by atoms with Crippen LogP contribution in [0.5, 0.6) is 0 Å². The number of nitrogens with zero attached hydrogens (tertiary/aromatic N) is 1. The van der Waals surface area contributed by atoms with E-state index in [1.807, 2.05) is 0 Å². The highest BCUT2D eigenvalue weighted by Gasteiger charge is 2.43. The average Bonchev–Trinajstić information content (AvgIpc) is 3.06. The third-order valence-electron chi connectivity index (χ3n) is 5.12. The minimum atomic E-state index is 0.0221. The molecule has 1 aliphatic heterocycles. The van der Waals surface area contributed by atoms with Crippen molar-refractivity contribution in [3.05, 3.63) is 0 Å². The van der Waals surface area contributed by atoms with Gasteiger partial charge >= 0.3 is 0 Å². The van der Waals surface area contributed by atoms with Gasteiger partial charge in [0.05, 0.1) is 12.2 Å². The fourth-order valence-electron chi connectivity index (χ4n) is 3.76. The van der Waals surface area contributed by atoms with Crippen LogP contribution in [0, 0.1) is 11.3 Å². The van der Waals surface area contributed by atoms with Crippen molar-refractivity contribution in [2.24, 2.45) is 11.3 Å². The number of carbonyl (C=O) groups is 1. The summed E-state index contributed by atoms with van der Waals surface area (Å²) in [6.07, 6.45) is 7.28. The van der Waals surface area contributed by atoms with Gasteiger partial charge in [0.1, 0.15) is 0 Å². The molecule has 1 aliphatic carbocycles. The number of hydrogen-bond acceptors (Lipinski definition) is 3. The molecule has 122 valence electrons. The van der Waals surface area contributed by atoms with Crippen LogP contribution in [0.1, 0.15) is 59.3 Å². The Bertz CT molecular complexity index is 351. The van der Waals surface area contributed by atoms with Crippen LogP contribution in [0.2, 0.25) is 0 Å². The highest BCUT2D eigenvalue weighted by atomic mass is 16.5. The van der Waals surface area contributed by atoms with Gasteiger partial charge in [0, 0.05) is 20.3 Å². The number of ether oxygens (including phenoxy) is 1. The summed E-state index contributed by atoms with van der Waals surface area (Å²) in [6.45, 7) is 8.17. The molecule has 2 atom stereocenters. The summed E-state index contributed by atoms with van der Waals surface area (Å²) in [6, 6.07) is 0.0221. The molecule has 0 aromatic rings. The van der Waals surface area contributed by atoms with Crippen LogP contribution in [-0.2, 0) is 9.53 Å². The molecule has 1 saturated heterocycles. The molecule has 4 heteroatoms. The number of carbonyl (C=O) groups excluding carboxylic acids is 1. The summed E-state index contributed by atoms with van der Waals surface area (Å²) in [5.74, 6) is 0.948. The zero-order valence-electron chi connectivity index (χ0n) is 14.2. The molecule has 2 unspecified atom stereocenters. The smallest absolute Gasteiger partial charge is 0.241 e. The third kappa shape index (κ3) is 3.98. The van der Waals surface area contributed by atoms with E-state index in [4.69, 9.17) is 4.74 Å². The maximum Gasteiger partial charge on any atom is 0.241 e. The van der Waals surface area contributed by atoms with Crippen molar-refractivity contribution >= 4 is 5.91 Å². The Morgan fingerprint density at radius 2 is 2.00 bits per heavy atom. The highest BCUT2D eigenvalue weighted by Crippen LogP contribution is 2.34. The Hall–Kier alpha value is -0.610. The van der Waals surface area contributed by atoms with Gasteiger partial charge in [-0.2, -0.15) is 0 Å². The zero-order chi connectivity index (χ0) is 15.5. The van der Waals surface area contributed by atoms with Gasteiger partial charge in [0.15, 0.2) is 0 Å². The van der Waals surface area contributed by atoms with E-state index in [1.54, 1.807) is 7.11 Å². The van der Waals surface area contributed by atoms with E-state index in [0.29, 0.717) is 11.8 Å². The number of methoxy groups -OCH3 is 1. The Morgan fingerprint density at radius 3 is 2.57 bits per heavy atom. The Morgan fingerprint density at radius 1 is 1.33 bits per heavy atom. The van der Waals surface area contributed by atoms with Crippen LogP contribution in [-0.4, -0.2) is 43.3 Å². The number of rotatable bonds is 7. The van der Waals surface area contributed by atoms with Crippen LogP contribution in [0.25, 0.3) is 0 Å². The van der Waals surface area contributed by atoms with Crippen molar-refractivity contribution in [3.8, 4) is 0 Å². The molecule has 0 aromatic heterocycles. The second kappa shape index (κ2) is 7.10. The van der Waals surface area contributed by atoms with E-state index < -0.39 is 0 Å². The monoisotopic (exact) mass is 296 g/mol. The van der Waals surface area contributed by atoms with Crippen molar-refractivity contribution in [1.82, 2.24) is 10.2 Å². The molecule has 1 amide bonds. The predicted octanol–water partition coefficient (Wildman–Crippen LogP) is 2.78. The van der Waals surface area contributed by atoms with Crippen LogP contribution in [0.15, 0.2) is 0 Å².